The van der Waals surface area contributed by atoms with E-state index >= 15 is 0 Å². The van der Waals surface area contributed by atoms with E-state index in [4.69, 9.17) is 0 Å². The van der Waals surface area contributed by atoms with Crippen molar-refractivity contribution in [1.29, 1.82) is 0 Å². The van der Waals surface area contributed by atoms with Gasteiger partial charge in [0.15, 0.2) is 0 Å². The minimum atomic E-state index is 0.544. The Balaban J connectivity index is 1.73. The van der Waals surface area contributed by atoms with Crippen LogP contribution in [0.5, 0.6) is 0 Å². The highest BCUT2D eigenvalue weighted by Crippen LogP contribution is 2.50. The molecule has 0 aromatic heterocycles. The Morgan fingerprint density at radius 3 is 2.37 bits per heavy atom. The lowest BCUT2D eigenvalue weighted by molar-refractivity contribution is 0.284. The molecule has 2 bridgehead atoms. The van der Waals surface area contributed by atoms with Crippen molar-refractivity contribution in [3.05, 3.63) is 34.9 Å². The molecule has 4 unspecified atom stereocenters. The number of nitrogens with one attached hydrogen (secondary N) is 1. The van der Waals surface area contributed by atoms with E-state index in [-0.39, 0.29) is 0 Å². The Labute approximate surface area is 117 Å². The van der Waals surface area contributed by atoms with Crippen molar-refractivity contribution in [3.8, 4) is 0 Å². The predicted octanol–water partition coefficient (Wildman–Crippen LogP) is 4.39. The van der Waals surface area contributed by atoms with E-state index in [0.29, 0.717) is 6.04 Å². The van der Waals surface area contributed by atoms with Crippen LogP contribution in [0.3, 0.4) is 0 Å². The van der Waals surface area contributed by atoms with E-state index in [9.17, 15) is 0 Å². The Kier molecular flexibility index (Phi) is 3.66. The van der Waals surface area contributed by atoms with Gasteiger partial charge in [-0.2, -0.15) is 0 Å². The summed E-state index contributed by atoms with van der Waals surface area (Å²) in [5.41, 5.74) is 4.27. The molecule has 19 heavy (non-hydrogen) atoms. The maximum absolute atomic E-state index is 3.56. The van der Waals surface area contributed by atoms with Gasteiger partial charge in [-0.15, -0.1) is 0 Å². The lowest BCUT2D eigenvalue weighted by Crippen LogP contribution is -2.22. The topological polar surface area (TPSA) is 12.0 Å². The SMILES string of the molecule is CNC(CC1CC2CCC1C2)c1cc(C)cc(C)c1. The molecule has 2 aliphatic carbocycles. The molecule has 4 atom stereocenters. The summed E-state index contributed by atoms with van der Waals surface area (Å²) in [6.45, 7) is 4.42. The molecule has 1 aromatic rings. The largest absolute Gasteiger partial charge is 0.313 e. The van der Waals surface area contributed by atoms with E-state index in [1.165, 1.54) is 48.8 Å². The Bertz CT molecular complexity index is 431. The van der Waals surface area contributed by atoms with Crippen molar-refractivity contribution < 1.29 is 0 Å². The molecule has 1 heteroatoms. The average Bonchev–Trinajstić information content (AvgIpc) is 2.96. The van der Waals surface area contributed by atoms with Crippen LogP contribution in [0.2, 0.25) is 0 Å². The Hall–Kier alpha value is -0.820. The molecule has 3 rings (SSSR count). The molecule has 0 aliphatic heterocycles. The minimum Gasteiger partial charge on any atom is -0.313 e. The third kappa shape index (κ3) is 2.72. The molecule has 2 aliphatic rings. The van der Waals surface area contributed by atoms with Gasteiger partial charge in [-0.25, -0.2) is 0 Å². The van der Waals surface area contributed by atoms with Gasteiger partial charge in [-0.3, -0.25) is 0 Å². The predicted molar refractivity (Wildman–Crippen MR) is 81.3 cm³/mol. The second kappa shape index (κ2) is 5.28. The Morgan fingerprint density at radius 2 is 1.84 bits per heavy atom. The summed E-state index contributed by atoms with van der Waals surface area (Å²) in [7, 11) is 2.12. The quantitative estimate of drug-likeness (QED) is 0.843. The third-order valence-corrected chi connectivity index (χ3v) is 5.42. The van der Waals surface area contributed by atoms with Crippen molar-refractivity contribution in [2.24, 2.45) is 17.8 Å². The van der Waals surface area contributed by atoms with Gasteiger partial charge in [0.2, 0.25) is 0 Å². The zero-order chi connectivity index (χ0) is 13.4. The van der Waals surface area contributed by atoms with Crippen LogP contribution >= 0.6 is 0 Å². The van der Waals surface area contributed by atoms with Gasteiger partial charge in [0.05, 0.1) is 0 Å². The minimum absolute atomic E-state index is 0.544. The van der Waals surface area contributed by atoms with E-state index in [1.807, 2.05) is 0 Å². The summed E-state index contributed by atoms with van der Waals surface area (Å²) in [4.78, 5) is 0. The van der Waals surface area contributed by atoms with Crippen molar-refractivity contribution in [3.63, 3.8) is 0 Å². The van der Waals surface area contributed by atoms with Gasteiger partial charge >= 0.3 is 0 Å². The number of hydrogen-bond donors (Lipinski definition) is 1. The highest BCUT2D eigenvalue weighted by atomic mass is 14.9. The highest BCUT2D eigenvalue weighted by Gasteiger charge is 2.40. The maximum Gasteiger partial charge on any atom is 0.0320 e. The third-order valence-electron chi connectivity index (χ3n) is 5.42. The molecule has 0 saturated heterocycles. The summed E-state index contributed by atoms with van der Waals surface area (Å²) in [5, 5.41) is 3.56. The normalized spacial score (nSPS) is 30.8. The highest BCUT2D eigenvalue weighted by molar-refractivity contribution is 5.30. The van der Waals surface area contributed by atoms with E-state index in [2.05, 4.69) is 44.4 Å². The number of fused-ring (bicyclic) bond motifs is 2. The first-order chi connectivity index (χ1) is 9.15. The molecular formula is C18H27N. The van der Waals surface area contributed by atoms with Gasteiger partial charge in [0.1, 0.15) is 0 Å². The summed E-state index contributed by atoms with van der Waals surface area (Å²) >= 11 is 0. The fraction of sp³-hybridized carbons (Fsp3) is 0.667. The molecule has 0 amide bonds. The molecule has 1 nitrogen and oxygen atoms in total. The fourth-order valence-electron chi connectivity index (χ4n) is 4.60. The van der Waals surface area contributed by atoms with Crippen LogP contribution in [0.4, 0.5) is 0 Å². The zero-order valence-corrected chi connectivity index (χ0v) is 12.6. The molecule has 104 valence electrons. The average molecular weight is 257 g/mol. The second-order valence-corrected chi connectivity index (χ2v) is 6.93. The monoisotopic (exact) mass is 257 g/mol. The van der Waals surface area contributed by atoms with Gasteiger partial charge in [-0.1, -0.05) is 35.7 Å². The summed E-state index contributed by atoms with van der Waals surface area (Å²) in [5.74, 6) is 3.07. The van der Waals surface area contributed by atoms with Crippen LogP contribution < -0.4 is 5.32 Å². The Morgan fingerprint density at radius 1 is 1.11 bits per heavy atom. The molecule has 0 spiro atoms. The van der Waals surface area contributed by atoms with Crippen molar-refractivity contribution >= 4 is 0 Å². The summed E-state index contributed by atoms with van der Waals surface area (Å²) < 4.78 is 0. The standard InChI is InChI=1S/C18H27N/c1-12-6-13(2)8-17(7-12)18(19-3)11-16-10-14-4-5-15(16)9-14/h6-8,14-16,18-19H,4-5,9-11H2,1-3H3. The lowest BCUT2D eigenvalue weighted by Gasteiger charge is -2.27. The van der Waals surface area contributed by atoms with Crippen LogP contribution in [0, 0.1) is 31.6 Å². The smallest absolute Gasteiger partial charge is 0.0320 e. The maximum atomic E-state index is 3.56. The van der Waals surface area contributed by atoms with E-state index in [0.717, 1.165) is 17.8 Å². The number of aryl methyl sites for hydroxylation is 2. The van der Waals surface area contributed by atoms with Crippen molar-refractivity contribution in [1.82, 2.24) is 5.32 Å². The number of rotatable bonds is 4. The van der Waals surface area contributed by atoms with E-state index < -0.39 is 0 Å². The van der Waals surface area contributed by atoms with Crippen LogP contribution in [0.25, 0.3) is 0 Å². The number of benzene rings is 1. The molecule has 0 heterocycles. The van der Waals surface area contributed by atoms with Gasteiger partial charge in [0.25, 0.3) is 0 Å². The zero-order valence-electron chi connectivity index (χ0n) is 12.6. The van der Waals surface area contributed by atoms with Crippen LogP contribution in [-0.4, -0.2) is 7.05 Å². The van der Waals surface area contributed by atoms with Gasteiger partial charge in [-0.05, 0) is 69.9 Å². The summed E-state index contributed by atoms with van der Waals surface area (Å²) in [6, 6.07) is 7.54. The first-order valence-corrected chi connectivity index (χ1v) is 7.91. The fourth-order valence-corrected chi connectivity index (χ4v) is 4.60. The first-order valence-electron chi connectivity index (χ1n) is 7.91. The lowest BCUT2D eigenvalue weighted by atomic mass is 9.82. The molecule has 1 N–H and O–H groups in total. The van der Waals surface area contributed by atoms with Crippen LogP contribution in [0.15, 0.2) is 18.2 Å². The van der Waals surface area contributed by atoms with E-state index in [1.54, 1.807) is 0 Å². The first kappa shape index (κ1) is 13.2. The van der Waals surface area contributed by atoms with Crippen molar-refractivity contribution in [2.75, 3.05) is 7.05 Å². The summed E-state index contributed by atoms with van der Waals surface area (Å²) in [6.07, 6.45) is 7.36. The second-order valence-electron chi connectivity index (χ2n) is 6.93. The molecule has 2 saturated carbocycles. The van der Waals surface area contributed by atoms with Gasteiger partial charge in [0, 0.05) is 6.04 Å². The van der Waals surface area contributed by atoms with Gasteiger partial charge < -0.3 is 5.32 Å². The molecule has 2 fully saturated rings. The van der Waals surface area contributed by atoms with Crippen molar-refractivity contribution in [2.45, 2.75) is 52.0 Å². The van der Waals surface area contributed by atoms with Crippen LogP contribution in [-0.2, 0) is 0 Å². The van der Waals surface area contributed by atoms with Crippen LogP contribution in [0.1, 0.15) is 54.8 Å². The number of hydrogen-bond acceptors (Lipinski definition) is 1. The molecule has 1 aromatic carbocycles. The molecule has 0 radical (unpaired) electrons. The molecular weight excluding hydrogens is 230 g/mol.